The number of aliphatic carboxylic acids is 1. The van der Waals surface area contributed by atoms with Crippen molar-refractivity contribution in [2.24, 2.45) is 5.41 Å². The van der Waals surface area contributed by atoms with E-state index in [1.165, 1.54) is 0 Å². The first kappa shape index (κ1) is 9.52. The standard InChI is InChI=1S/C9H17NO2/c1-9(2)4-5-10(3)7(6-9)8(11)12/h7H,4-6H2,1-3H3,(H,11,12). The van der Waals surface area contributed by atoms with Gasteiger partial charge in [-0.3, -0.25) is 9.69 Å². The summed E-state index contributed by atoms with van der Waals surface area (Å²) in [4.78, 5) is 12.7. The van der Waals surface area contributed by atoms with E-state index < -0.39 is 5.97 Å². The normalized spacial score (nSPS) is 30.1. The lowest BCUT2D eigenvalue weighted by molar-refractivity contribution is -0.145. The number of hydrogen-bond donors (Lipinski definition) is 1. The molecule has 0 aromatic carbocycles. The minimum absolute atomic E-state index is 0.190. The van der Waals surface area contributed by atoms with Crippen LogP contribution in [0.3, 0.4) is 0 Å². The zero-order valence-corrected chi connectivity index (χ0v) is 8.00. The fourth-order valence-corrected chi connectivity index (χ4v) is 1.69. The van der Waals surface area contributed by atoms with Gasteiger partial charge in [0.15, 0.2) is 0 Å². The van der Waals surface area contributed by atoms with Gasteiger partial charge in [-0.1, -0.05) is 13.8 Å². The highest BCUT2D eigenvalue weighted by Crippen LogP contribution is 2.32. The molecule has 1 fully saturated rings. The highest BCUT2D eigenvalue weighted by atomic mass is 16.4. The number of piperidine rings is 1. The molecular weight excluding hydrogens is 154 g/mol. The second-order valence-electron chi connectivity index (χ2n) is 4.45. The zero-order valence-electron chi connectivity index (χ0n) is 8.00. The molecule has 1 saturated heterocycles. The summed E-state index contributed by atoms with van der Waals surface area (Å²) in [5.74, 6) is -0.690. The van der Waals surface area contributed by atoms with Crippen molar-refractivity contribution in [2.75, 3.05) is 13.6 Å². The summed E-state index contributed by atoms with van der Waals surface area (Å²) < 4.78 is 0. The van der Waals surface area contributed by atoms with E-state index in [1.54, 1.807) is 0 Å². The Labute approximate surface area is 73.4 Å². The predicted molar refractivity (Wildman–Crippen MR) is 47.1 cm³/mol. The van der Waals surface area contributed by atoms with Crippen molar-refractivity contribution in [1.29, 1.82) is 0 Å². The Balaban J connectivity index is 2.66. The summed E-state index contributed by atoms with van der Waals surface area (Å²) in [7, 11) is 1.88. The third-order valence-electron chi connectivity index (χ3n) is 2.70. The predicted octanol–water partition coefficient (Wildman–Crippen LogP) is 1.19. The molecule has 1 aliphatic heterocycles. The van der Waals surface area contributed by atoms with Crippen molar-refractivity contribution >= 4 is 5.97 Å². The van der Waals surface area contributed by atoms with Crippen LogP contribution in [-0.4, -0.2) is 35.6 Å². The number of carboxylic acid groups (broad SMARTS) is 1. The molecule has 0 aromatic heterocycles. The van der Waals surface area contributed by atoms with Gasteiger partial charge >= 0.3 is 5.97 Å². The van der Waals surface area contributed by atoms with E-state index in [0.717, 1.165) is 19.4 Å². The fourth-order valence-electron chi connectivity index (χ4n) is 1.69. The van der Waals surface area contributed by atoms with Crippen molar-refractivity contribution in [2.45, 2.75) is 32.7 Å². The van der Waals surface area contributed by atoms with Crippen LogP contribution >= 0.6 is 0 Å². The summed E-state index contributed by atoms with van der Waals surface area (Å²) in [6.45, 7) is 5.16. The molecule has 0 aliphatic carbocycles. The maximum Gasteiger partial charge on any atom is 0.320 e. The molecule has 0 spiro atoms. The van der Waals surface area contributed by atoms with Gasteiger partial charge in [0.25, 0.3) is 0 Å². The van der Waals surface area contributed by atoms with E-state index in [1.807, 2.05) is 11.9 Å². The van der Waals surface area contributed by atoms with Gasteiger partial charge in [0.1, 0.15) is 6.04 Å². The number of carboxylic acids is 1. The van der Waals surface area contributed by atoms with Gasteiger partial charge in [0.2, 0.25) is 0 Å². The lowest BCUT2D eigenvalue weighted by Crippen LogP contribution is -2.47. The lowest BCUT2D eigenvalue weighted by atomic mass is 9.79. The van der Waals surface area contributed by atoms with Gasteiger partial charge < -0.3 is 5.11 Å². The molecule has 1 aliphatic rings. The van der Waals surface area contributed by atoms with Crippen LogP contribution in [0.25, 0.3) is 0 Å². The molecule has 3 heteroatoms. The summed E-state index contributed by atoms with van der Waals surface area (Å²) in [5.41, 5.74) is 0.190. The Morgan fingerprint density at radius 3 is 2.58 bits per heavy atom. The number of carbonyl (C=O) groups is 1. The molecule has 0 bridgehead atoms. The summed E-state index contributed by atoms with van der Waals surface area (Å²) in [5, 5.41) is 8.90. The highest BCUT2D eigenvalue weighted by Gasteiger charge is 2.35. The van der Waals surface area contributed by atoms with Crippen LogP contribution in [0.5, 0.6) is 0 Å². The van der Waals surface area contributed by atoms with E-state index >= 15 is 0 Å². The molecule has 1 heterocycles. The van der Waals surface area contributed by atoms with Crippen LogP contribution in [0.15, 0.2) is 0 Å². The number of likely N-dealkylation sites (N-methyl/N-ethyl adjacent to an activating group) is 1. The molecule has 1 rings (SSSR count). The first-order valence-corrected chi connectivity index (χ1v) is 4.35. The van der Waals surface area contributed by atoms with Gasteiger partial charge in [-0.2, -0.15) is 0 Å². The molecule has 0 saturated carbocycles. The summed E-state index contributed by atoms with van der Waals surface area (Å²) >= 11 is 0. The number of hydrogen-bond acceptors (Lipinski definition) is 2. The van der Waals surface area contributed by atoms with Gasteiger partial charge in [-0.15, -0.1) is 0 Å². The van der Waals surface area contributed by atoms with Crippen molar-refractivity contribution in [3.8, 4) is 0 Å². The maximum atomic E-state index is 10.8. The number of likely N-dealkylation sites (tertiary alicyclic amines) is 1. The quantitative estimate of drug-likeness (QED) is 0.644. The average molecular weight is 171 g/mol. The van der Waals surface area contributed by atoms with Crippen LogP contribution in [0.1, 0.15) is 26.7 Å². The molecule has 0 radical (unpaired) electrons. The number of nitrogens with zero attached hydrogens (tertiary/aromatic N) is 1. The number of rotatable bonds is 1. The Hall–Kier alpha value is -0.570. The van der Waals surface area contributed by atoms with E-state index in [0.29, 0.717) is 0 Å². The Kier molecular flexibility index (Phi) is 2.42. The first-order valence-electron chi connectivity index (χ1n) is 4.35. The Morgan fingerprint density at radius 1 is 1.58 bits per heavy atom. The Morgan fingerprint density at radius 2 is 2.17 bits per heavy atom. The smallest absolute Gasteiger partial charge is 0.320 e. The van der Waals surface area contributed by atoms with E-state index in [4.69, 9.17) is 5.11 Å². The van der Waals surface area contributed by atoms with Gasteiger partial charge in [0, 0.05) is 0 Å². The second kappa shape index (κ2) is 3.05. The fraction of sp³-hybridized carbons (Fsp3) is 0.889. The van der Waals surface area contributed by atoms with E-state index in [9.17, 15) is 4.79 Å². The molecular formula is C9H17NO2. The third-order valence-corrected chi connectivity index (χ3v) is 2.70. The third kappa shape index (κ3) is 1.97. The van der Waals surface area contributed by atoms with Gasteiger partial charge in [0.05, 0.1) is 0 Å². The van der Waals surface area contributed by atoms with Crippen LogP contribution in [0.2, 0.25) is 0 Å². The van der Waals surface area contributed by atoms with Crippen LogP contribution in [-0.2, 0) is 4.79 Å². The average Bonchev–Trinajstić information content (AvgIpc) is 1.94. The summed E-state index contributed by atoms with van der Waals surface area (Å²) in [6, 6.07) is -0.284. The van der Waals surface area contributed by atoms with Crippen molar-refractivity contribution in [3.05, 3.63) is 0 Å². The van der Waals surface area contributed by atoms with Crippen LogP contribution in [0.4, 0.5) is 0 Å². The highest BCUT2D eigenvalue weighted by molar-refractivity contribution is 5.73. The van der Waals surface area contributed by atoms with Crippen molar-refractivity contribution in [1.82, 2.24) is 4.90 Å². The molecule has 1 unspecified atom stereocenters. The topological polar surface area (TPSA) is 40.5 Å². The SMILES string of the molecule is CN1CCC(C)(C)CC1C(=O)O. The first-order chi connectivity index (χ1) is 5.42. The monoisotopic (exact) mass is 171 g/mol. The zero-order chi connectivity index (χ0) is 9.35. The van der Waals surface area contributed by atoms with Crippen molar-refractivity contribution < 1.29 is 9.90 Å². The molecule has 70 valence electrons. The molecule has 1 atom stereocenters. The maximum absolute atomic E-state index is 10.8. The summed E-state index contributed by atoms with van der Waals surface area (Å²) in [6.07, 6.45) is 1.85. The molecule has 12 heavy (non-hydrogen) atoms. The van der Waals surface area contributed by atoms with E-state index in [2.05, 4.69) is 13.8 Å². The van der Waals surface area contributed by atoms with Crippen molar-refractivity contribution in [3.63, 3.8) is 0 Å². The van der Waals surface area contributed by atoms with Crippen LogP contribution < -0.4 is 0 Å². The van der Waals surface area contributed by atoms with Crippen LogP contribution in [0, 0.1) is 5.41 Å². The largest absolute Gasteiger partial charge is 0.480 e. The lowest BCUT2D eigenvalue weighted by Gasteiger charge is -2.39. The second-order valence-corrected chi connectivity index (χ2v) is 4.45. The molecule has 3 nitrogen and oxygen atoms in total. The Bertz CT molecular complexity index is 189. The molecule has 0 amide bonds. The molecule has 1 N–H and O–H groups in total. The van der Waals surface area contributed by atoms with Gasteiger partial charge in [-0.25, -0.2) is 0 Å². The van der Waals surface area contributed by atoms with E-state index in [-0.39, 0.29) is 11.5 Å². The minimum Gasteiger partial charge on any atom is -0.480 e. The van der Waals surface area contributed by atoms with Gasteiger partial charge in [-0.05, 0) is 31.8 Å². The molecule has 0 aromatic rings. The minimum atomic E-state index is -0.690.